The number of hydrogen-bond donors (Lipinski definition) is 1. The zero-order valence-electron chi connectivity index (χ0n) is 17.2. The fourth-order valence-electron chi connectivity index (χ4n) is 3.25. The van der Waals surface area contributed by atoms with Crippen molar-refractivity contribution in [3.8, 4) is 5.75 Å². The van der Waals surface area contributed by atoms with E-state index >= 15 is 0 Å². The third-order valence-electron chi connectivity index (χ3n) is 4.84. The minimum absolute atomic E-state index is 0.112. The van der Waals surface area contributed by atoms with Crippen LogP contribution >= 0.6 is 55.1 Å². The predicted molar refractivity (Wildman–Crippen MR) is 138 cm³/mol. The summed E-state index contributed by atoms with van der Waals surface area (Å²) in [5.74, 6) is -1.17. The first-order chi connectivity index (χ1) is 16.2. The van der Waals surface area contributed by atoms with Crippen LogP contribution in [0.15, 0.2) is 75.2 Å². The van der Waals surface area contributed by atoms with Crippen LogP contribution in [0.5, 0.6) is 5.75 Å². The summed E-state index contributed by atoms with van der Waals surface area (Å²) in [4.78, 5) is 39.1. The molecule has 0 radical (unpaired) electrons. The van der Waals surface area contributed by atoms with Gasteiger partial charge in [-0.15, -0.1) is 0 Å². The second-order valence-corrected chi connectivity index (χ2v) is 9.74. The molecule has 1 aliphatic rings. The summed E-state index contributed by atoms with van der Waals surface area (Å²) >= 11 is 19.1. The Bertz CT molecular complexity index is 1350. The standard InChI is InChI=1S/C24H14Br2Cl2N2O4/c25-15-8-14(21(19(26)10-15)34-12-13-6-7-16(27)11-20(13)28)9-18-22(31)29-24(33)30(23(18)32)17-4-2-1-3-5-17/h1-11H,12H2,(H,29,31,33)/b18-9+. The van der Waals surface area contributed by atoms with Gasteiger partial charge >= 0.3 is 6.03 Å². The molecule has 4 rings (SSSR count). The van der Waals surface area contributed by atoms with Gasteiger partial charge in [-0.2, -0.15) is 0 Å². The molecule has 1 fully saturated rings. The fraction of sp³-hybridized carbons (Fsp3) is 0.0417. The van der Waals surface area contributed by atoms with E-state index in [0.29, 0.717) is 41.6 Å². The second-order valence-electron chi connectivity index (χ2n) is 7.12. The minimum atomic E-state index is -0.817. The van der Waals surface area contributed by atoms with Gasteiger partial charge in [-0.05, 0) is 58.4 Å². The number of ether oxygens (including phenoxy) is 1. The van der Waals surface area contributed by atoms with Gasteiger partial charge in [0.1, 0.15) is 17.9 Å². The predicted octanol–water partition coefficient (Wildman–Crippen LogP) is 6.76. The molecule has 3 aromatic rings. The number of nitrogens with one attached hydrogen (secondary N) is 1. The van der Waals surface area contributed by atoms with E-state index in [0.717, 1.165) is 4.90 Å². The molecule has 1 aliphatic heterocycles. The molecule has 0 bridgehead atoms. The molecule has 0 atom stereocenters. The average molecular weight is 625 g/mol. The van der Waals surface area contributed by atoms with Crippen LogP contribution in [0.3, 0.4) is 0 Å². The molecular weight excluding hydrogens is 611 g/mol. The first kappa shape index (κ1) is 24.5. The quantitative estimate of drug-likeness (QED) is 0.251. The second kappa shape index (κ2) is 10.3. The molecule has 34 heavy (non-hydrogen) atoms. The number of benzene rings is 3. The molecule has 0 saturated carbocycles. The number of rotatable bonds is 5. The number of halogens is 4. The topological polar surface area (TPSA) is 75.7 Å². The first-order valence-electron chi connectivity index (χ1n) is 9.77. The monoisotopic (exact) mass is 622 g/mol. The summed E-state index contributed by atoms with van der Waals surface area (Å²) in [6, 6.07) is 16.0. The van der Waals surface area contributed by atoms with Crippen LogP contribution in [0, 0.1) is 0 Å². The van der Waals surface area contributed by atoms with Crippen LogP contribution in [-0.4, -0.2) is 17.8 Å². The van der Waals surface area contributed by atoms with Gasteiger partial charge in [0.15, 0.2) is 0 Å². The van der Waals surface area contributed by atoms with Crippen LogP contribution in [0.2, 0.25) is 10.0 Å². The third-order valence-corrected chi connectivity index (χ3v) is 6.47. The number of anilines is 1. The Labute approximate surface area is 221 Å². The van der Waals surface area contributed by atoms with Gasteiger partial charge in [0.05, 0.1) is 10.2 Å². The van der Waals surface area contributed by atoms with Crippen molar-refractivity contribution >= 4 is 84.7 Å². The molecule has 0 unspecified atom stereocenters. The normalized spacial score (nSPS) is 15.0. The summed E-state index contributed by atoms with van der Waals surface area (Å²) in [6.07, 6.45) is 1.38. The summed E-state index contributed by atoms with van der Waals surface area (Å²) in [6.45, 7) is 0.112. The van der Waals surface area contributed by atoms with Crippen LogP contribution in [0.25, 0.3) is 6.08 Å². The highest BCUT2D eigenvalue weighted by Gasteiger charge is 2.37. The number of carbonyl (C=O) groups is 3. The van der Waals surface area contributed by atoms with Gasteiger partial charge in [-0.3, -0.25) is 14.9 Å². The Morgan fingerprint density at radius 3 is 2.41 bits per heavy atom. The number of para-hydroxylation sites is 1. The van der Waals surface area contributed by atoms with E-state index < -0.39 is 17.8 Å². The van der Waals surface area contributed by atoms with Crippen molar-refractivity contribution in [1.82, 2.24) is 5.32 Å². The molecule has 1 heterocycles. The fourth-order valence-corrected chi connectivity index (χ4v) is 5.09. The number of amides is 4. The average Bonchev–Trinajstić information content (AvgIpc) is 2.77. The molecule has 1 N–H and O–H groups in total. The van der Waals surface area contributed by atoms with Gasteiger partial charge in [0.2, 0.25) is 0 Å². The highest BCUT2D eigenvalue weighted by atomic mass is 79.9. The summed E-state index contributed by atoms with van der Waals surface area (Å²) in [5, 5.41) is 3.16. The molecule has 1 saturated heterocycles. The zero-order chi connectivity index (χ0) is 24.4. The lowest BCUT2D eigenvalue weighted by Gasteiger charge is -2.26. The molecular formula is C24H14Br2Cl2N2O4. The van der Waals surface area contributed by atoms with Crippen molar-refractivity contribution in [3.63, 3.8) is 0 Å². The van der Waals surface area contributed by atoms with Gasteiger partial charge in [0, 0.05) is 25.6 Å². The molecule has 4 amide bonds. The summed E-state index contributed by atoms with van der Waals surface area (Å²) in [7, 11) is 0. The van der Waals surface area contributed by atoms with Crippen molar-refractivity contribution in [3.05, 3.63) is 96.4 Å². The van der Waals surface area contributed by atoms with E-state index in [1.54, 1.807) is 60.7 Å². The van der Waals surface area contributed by atoms with Crippen molar-refractivity contribution in [2.24, 2.45) is 0 Å². The molecule has 0 aromatic heterocycles. The van der Waals surface area contributed by atoms with Crippen molar-refractivity contribution < 1.29 is 19.1 Å². The van der Waals surface area contributed by atoms with Crippen LogP contribution in [0.4, 0.5) is 10.5 Å². The first-order valence-corrected chi connectivity index (χ1v) is 12.1. The maximum absolute atomic E-state index is 13.2. The summed E-state index contributed by atoms with van der Waals surface area (Å²) < 4.78 is 7.28. The SMILES string of the molecule is O=C1NC(=O)N(c2ccccc2)C(=O)/C1=C/c1cc(Br)cc(Br)c1OCc1ccc(Cl)cc1Cl. The van der Waals surface area contributed by atoms with Crippen LogP contribution < -0.4 is 15.0 Å². The number of hydrogen-bond acceptors (Lipinski definition) is 4. The van der Waals surface area contributed by atoms with E-state index in [1.807, 2.05) is 0 Å². The number of carbonyl (C=O) groups excluding carboxylic acids is 3. The Morgan fingerprint density at radius 1 is 0.971 bits per heavy atom. The molecule has 0 spiro atoms. The summed E-state index contributed by atoms with van der Waals surface area (Å²) in [5.41, 5.74) is 1.26. The number of nitrogens with zero attached hydrogens (tertiary/aromatic N) is 1. The Hall–Kier alpha value is -2.65. The van der Waals surface area contributed by atoms with E-state index in [-0.39, 0.29) is 12.2 Å². The van der Waals surface area contributed by atoms with E-state index in [2.05, 4.69) is 37.2 Å². The van der Waals surface area contributed by atoms with Crippen LogP contribution in [0.1, 0.15) is 11.1 Å². The number of barbiturate groups is 1. The van der Waals surface area contributed by atoms with Gasteiger partial charge in [-0.25, -0.2) is 9.69 Å². The van der Waals surface area contributed by atoms with Crippen molar-refractivity contribution in [1.29, 1.82) is 0 Å². The molecule has 172 valence electrons. The maximum Gasteiger partial charge on any atom is 0.335 e. The zero-order valence-corrected chi connectivity index (χ0v) is 21.8. The molecule has 3 aromatic carbocycles. The highest BCUT2D eigenvalue weighted by molar-refractivity contribution is 9.11. The third kappa shape index (κ3) is 5.20. The van der Waals surface area contributed by atoms with E-state index in [1.165, 1.54) is 6.08 Å². The number of urea groups is 1. The van der Waals surface area contributed by atoms with Crippen molar-refractivity contribution in [2.45, 2.75) is 6.61 Å². The van der Waals surface area contributed by atoms with E-state index in [4.69, 9.17) is 27.9 Å². The Kier molecular flexibility index (Phi) is 7.42. The number of imide groups is 2. The highest BCUT2D eigenvalue weighted by Crippen LogP contribution is 2.36. The van der Waals surface area contributed by atoms with Crippen LogP contribution in [-0.2, 0) is 16.2 Å². The molecule has 10 heteroatoms. The minimum Gasteiger partial charge on any atom is -0.487 e. The Balaban J connectivity index is 1.71. The smallest absolute Gasteiger partial charge is 0.335 e. The van der Waals surface area contributed by atoms with E-state index in [9.17, 15) is 14.4 Å². The molecule has 6 nitrogen and oxygen atoms in total. The molecule has 0 aliphatic carbocycles. The maximum atomic E-state index is 13.2. The van der Waals surface area contributed by atoms with Gasteiger partial charge in [-0.1, -0.05) is 63.4 Å². The van der Waals surface area contributed by atoms with Gasteiger partial charge < -0.3 is 4.74 Å². The lowest BCUT2D eigenvalue weighted by atomic mass is 10.1. The van der Waals surface area contributed by atoms with Crippen molar-refractivity contribution in [2.75, 3.05) is 4.90 Å². The lowest BCUT2D eigenvalue weighted by molar-refractivity contribution is -0.122. The largest absolute Gasteiger partial charge is 0.487 e. The van der Waals surface area contributed by atoms with Gasteiger partial charge in [0.25, 0.3) is 11.8 Å². The lowest BCUT2D eigenvalue weighted by Crippen LogP contribution is -2.54. The Morgan fingerprint density at radius 2 is 1.71 bits per heavy atom.